The van der Waals surface area contributed by atoms with Crippen LogP contribution in [0.15, 0.2) is 45.8 Å². The number of carbonyl (C=O) groups excluding carboxylic acids is 2. The minimum absolute atomic E-state index is 0.217. The number of benzene rings is 2. The predicted octanol–water partition coefficient (Wildman–Crippen LogP) is 4.64. The average Bonchev–Trinajstić information content (AvgIpc) is 3.12. The standard InChI is InChI=1S/C22H22N2O4S/c1-13-9-15(3)18(10-14(13)2)19(25)11-27-22(26)17-7-5-6-8-20(17)29-12-21-23-16(4)24-28-21/h5-10H,11-12H2,1-4H3. The van der Waals surface area contributed by atoms with E-state index in [0.29, 0.717) is 28.6 Å². The van der Waals surface area contributed by atoms with E-state index in [9.17, 15) is 9.59 Å². The summed E-state index contributed by atoms with van der Waals surface area (Å²) in [6.45, 7) is 7.28. The number of nitrogens with zero attached hydrogens (tertiary/aromatic N) is 2. The molecule has 0 saturated heterocycles. The second-order valence-electron chi connectivity index (χ2n) is 6.77. The van der Waals surface area contributed by atoms with Crippen molar-refractivity contribution in [1.29, 1.82) is 0 Å². The molecule has 0 aliphatic heterocycles. The van der Waals surface area contributed by atoms with E-state index < -0.39 is 5.97 Å². The van der Waals surface area contributed by atoms with Gasteiger partial charge >= 0.3 is 5.97 Å². The van der Waals surface area contributed by atoms with Crippen LogP contribution in [0.2, 0.25) is 0 Å². The summed E-state index contributed by atoms with van der Waals surface area (Å²) in [5.74, 6) is 0.728. The number of carbonyl (C=O) groups is 2. The molecule has 3 aromatic rings. The Morgan fingerprint density at radius 3 is 2.45 bits per heavy atom. The Hall–Kier alpha value is -2.93. The fourth-order valence-corrected chi connectivity index (χ4v) is 3.72. The van der Waals surface area contributed by atoms with Gasteiger partial charge in [0.1, 0.15) is 0 Å². The molecule has 0 atom stereocenters. The molecule has 0 saturated carbocycles. The third-order valence-corrected chi connectivity index (χ3v) is 5.56. The first-order chi connectivity index (χ1) is 13.8. The summed E-state index contributed by atoms with van der Waals surface area (Å²) in [6, 6.07) is 10.9. The molecule has 29 heavy (non-hydrogen) atoms. The maximum Gasteiger partial charge on any atom is 0.339 e. The minimum Gasteiger partial charge on any atom is -0.454 e. The topological polar surface area (TPSA) is 82.3 Å². The van der Waals surface area contributed by atoms with Gasteiger partial charge in [-0.25, -0.2) is 4.79 Å². The molecule has 1 heterocycles. The number of hydrogen-bond donors (Lipinski definition) is 0. The molecule has 7 heteroatoms. The lowest BCUT2D eigenvalue weighted by Gasteiger charge is -2.11. The van der Waals surface area contributed by atoms with Gasteiger partial charge in [0.2, 0.25) is 11.7 Å². The summed E-state index contributed by atoms with van der Waals surface area (Å²) >= 11 is 1.40. The highest BCUT2D eigenvalue weighted by atomic mass is 32.2. The van der Waals surface area contributed by atoms with E-state index in [4.69, 9.17) is 9.26 Å². The van der Waals surface area contributed by atoms with E-state index in [1.807, 2.05) is 45.0 Å². The molecule has 0 spiro atoms. The number of aryl methyl sites for hydroxylation is 4. The summed E-state index contributed by atoms with van der Waals surface area (Å²) in [7, 11) is 0. The smallest absolute Gasteiger partial charge is 0.339 e. The fourth-order valence-electron chi connectivity index (χ4n) is 2.85. The molecule has 3 rings (SSSR count). The number of hydrogen-bond acceptors (Lipinski definition) is 7. The number of Topliss-reactive ketones (excluding diaryl/α,β-unsaturated/α-hetero) is 1. The van der Waals surface area contributed by atoms with Crippen molar-refractivity contribution in [3.05, 3.63) is 75.9 Å². The third-order valence-electron chi connectivity index (χ3n) is 4.50. The summed E-state index contributed by atoms with van der Waals surface area (Å²) in [5, 5.41) is 3.75. The van der Waals surface area contributed by atoms with Crippen molar-refractivity contribution in [2.45, 2.75) is 38.3 Å². The summed E-state index contributed by atoms with van der Waals surface area (Å²) in [6.07, 6.45) is 0. The first kappa shape index (κ1) is 20.8. The molecule has 6 nitrogen and oxygen atoms in total. The van der Waals surface area contributed by atoms with Gasteiger partial charge < -0.3 is 9.26 Å². The maximum atomic E-state index is 12.6. The Kier molecular flexibility index (Phi) is 6.49. The van der Waals surface area contributed by atoms with Crippen molar-refractivity contribution in [3.8, 4) is 0 Å². The van der Waals surface area contributed by atoms with Crippen LogP contribution >= 0.6 is 11.8 Å². The van der Waals surface area contributed by atoms with Crippen LogP contribution < -0.4 is 0 Å². The SMILES string of the molecule is Cc1noc(CSc2ccccc2C(=O)OCC(=O)c2cc(C)c(C)cc2C)n1. The molecule has 0 aliphatic rings. The molecule has 150 valence electrons. The van der Waals surface area contributed by atoms with Crippen LogP contribution in [0.3, 0.4) is 0 Å². The number of esters is 1. The van der Waals surface area contributed by atoms with Gasteiger partial charge in [0, 0.05) is 10.5 Å². The first-order valence-electron chi connectivity index (χ1n) is 9.14. The van der Waals surface area contributed by atoms with Crippen molar-refractivity contribution in [2.75, 3.05) is 6.61 Å². The molecular formula is C22H22N2O4S. The highest BCUT2D eigenvalue weighted by molar-refractivity contribution is 7.98. The second kappa shape index (κ2) is 9.05. The van der Waals surface area contributed by atoms with Crippen molar-refractivity contribution in [3.63, 3.8) is 0 Å². The molecule has 0 unspecified atom stereocenters. The molecule has 0 N–H and O–H groups in total. The number of rotatable bonds is 7. The van der Waals surface area contributed by atoms with Crippen molar-refractivity contribution >= 4 is 23.5 Å². The number of ketones is 1. The van der Waals surface area contributed by atoms with Crippen molar-refractivity contribution < 1.29 is 18.8 Å². The molecule has 2 aromatic carbocycles. The lowest BCUT2D eigenvalue weighted by Crippen LogP contribution is -2.16. The Balaban J connectivity index is 1.66. The van der Waals surface area contributed by atoms with Gasteiger partial charge in [-0.05, 0) is 62.6 Å². The van der Waals surface area contributed by atoms with E-state index in [-0.39, 0.29) is 12.4 Å². The van der Waals surface area contributed by atoms with E-state index in [1.165, 1.54) is 11.8 Å². The summed E-state index contributed by atoms with van der Waals surface area (Å²) in [4.78, 5) is 30.0. The molecule has 0 bridgehead atoms. The maximum absolute atomic E-state index is 12.6. The van der Waals surface area contributed by atoms with E-state index in [0.717, 1.165) is 21.6 Å². The molecule has 0 amide bonds. The van der Waals surface area contributed by atoms with Gasteiger partial charge in [-0.1, -0.05) is 23.4 Å². The largest absolute Gasteiger partial charge is 0.454 e. The Morgan fingerprint density at radius 1 is 1.00 bits per heavy atom. The highest BCUT2D eigenvalue weighted by Crippen LogP contribution is 2.26. The predicted molar refractivity (Wildman–Crippen MR) is 110 cm³/mol. The van der Waals surface area contributed by atoms with Gasteiger partial charge in [-0.15, -0.1) is 11.8 Å². The zero-order valence-corrected chi connectivity index (χ0v) is 17.6. The van der Waals surface area contributed by atoms with Gasteiger partial charge in [0.15, 0.2) is 12.4 Å². The van der Waals surface area contributed by atoms with Gasteiger partial charge in [0.25, 0.3) is 0 Å². The molecule has 0 aliphatic carbocycles. The zero-order chi connectivity index (χ0) is 21.0. The van der Waals surface area contributed by atoms with Gasteiger partial charge in [-0.2, -0.15) is 4.98 Å². The normalized spacial score (nSPS) is 10.8. The lowest BCUT2D eigenvalue weighted by molar-refractivity contribution is 0.0471. The lowest BCUT2D eigenvalue weighted by atomic mass is 9.98. The van der Waals surface area contributed by atoms with Crippen LogP contribution in [0, 0.1) is 27.7 Å². The molecule has 1 aromatic heterocycles. The highest BCUT2D eigenvalue weighted by Gasteiger charge is 2.17. The number of aromatic nitrogens is 2. The average molecular weight is 410 g/mol. The molecule has 0 radical (unpaired) electrons. The van der Waals surface area contributed by atoms with E-state index >= 15 is 0 Å². The van der Waals surface area contributed by atoms with E-state index in [2.05, 4.69) is 10.1 Å². The summed E-state index contributed by atoms with van der Waals surface area (Å²) < 4.78 is 10.4. The number of ether oxygens (including phenoxy) is 1. The van der Waals surface area contributed by atoms with Crippen molar-refractivity contribution in [2.24, 2.45) is 0 Å². The Bertz CT molecular complexity index is 1060. The monoisotopic (exact) mass is 410 g/mol. The first-order valence-corrected chi connectivity index (χ1v) is 10.1. The van der Waals surface area contributed by atoms with Crippen LogP contribution in [0.1, 0.15) is 49.1 Å². The fraction of sp³-hybridized carbons (Fsp3) is 0.273. The van der Waals surface area contributed by atoms with Crippen LogP contribution in [0.5, 0.6) is 0 Å². The van der Waals surface area contributed by atoms with Crippen LogP contribution in [-0.2, 0) is 10.5 Å². The van der Waals surface area contributed by atoms with Gasteiger partial charge in [0.05, 0.1) is 11.3 Å². The van der Waals surface area contributed by atoms with Gasteiger partial charge in [-0.3, -0.25) is 4.79 Å². The summed E-state index contributed by atoms with van der Waals surface area (Å²) in [5.41, 5.74) is 4.01. The Morgan fingerprint density at radius 2 is 1.72 bits per heavy atom. The minimum atomic E-state index is -0.537. The van der Waals surface area contributed by atoms with Crippen LogP contribution in [-0.4, -0.2) is 28.5 Å². The van der Waals surface area contributed by atoms with Crippen LogP contribution in [0.25, 0.3) is 0 Å². The third kappa shape index (κ3) is 5.12. The molecule has 0 fully saturated rings. The second-order valence-corrected chi connectivity index (χ2v) is 7.79. The molecular weight excluding hydrogens is 388 g/mol. The number of thioether (sulfide) groups is 1. The van der Waals surface area contributed by atoms with E-state index in [1.54, 1.807) is 19.1 Å². The quantitative estimate of drug-likeness (QED) is 0.319. The zero-order valence-electron chi connectivity index (χ0n) is 16.8. The van der Waals surface area contributed by atoms with Crippen molar-refractivity contribution in [1.82, 2.24) is 10.1 Å². The Labute approximate surface area is 173 Å². The van der Waals surface area contributed by atoms with Crippen LogP contribution in [0.4, 0.5) is 0 Å².